The van der Waals surface area contributed by atoms with Gasteiger partial charge in [0.2, 0.25) is 0 Å². The number of hydrogen-bond acceptors (Lipinski definition) is 4. The van der Waals surface area contributed by atoms with Crippen LogP contribution in [-0.4, -0.2) is 85.2 Å². The normalized spacial score (nSPS) is 31.1. The van der Waals surface area contributed by atoms with Crippen LogP contribution in [0.3, 0.4) is 0 Å². The highest BCUT2D eigenvalue weighted by molar-refractivity contribution is 8.00. The Morgan fingerprint density at radius 1 is 0.962 bits per heavy atom. The van der Waals surface area contributed by atoms with E-state index in [1.54, 1.807) is 0 Å². The monoisotopic (exact) mass is 381 g/mol. The molecule has 0 bridgehead atoms. The molecule has 0 aromatic heterocycles. The summed E-state index contributed by atoms with van der Waals surface area (Å²) < 4.78 is 0.371. The molecule has 150 valence electrons. The SMILES string of the molecule is CN=C(NCC1(C)CCCS1)NCC1(N2CCCCC2)CCN(C)CC1. The Balaban J connectivity index is 1.57. The van der Waals surface area contributed by atoms with E-state index in [1.807, 2.05) is 7.05 Å². The van der Waals surface area contributed by atoms with Crippen LogP contribution in [-0.2, 0) is 0 Å². The van der Waals surface area contributed by atoms with Crippen molar-refractivity contribution in [3.05, 3.63) is 0 Å². The van der Waals surface area contributed by atoms with Gasteiger partial charge in [0, 0.05) is 30.4 Å². The number of rotatable bonds is 5. The molecule has 3 heterocycles. The van der Waals surface area contributed by atoms with Gasteiger partial charge in [-0.25, -0.2) is 0 Å². The van der Waals surface area contributed by atoms with Gasteiger partial charge < -0.3 is 15.5 Å². The molecular weight excluding hydrogens is 342 g/mol. The lowest BCUT2D eigenvalue weighted by atomic mass is 9.84. The van der Waals surface area contributed by atoms with Gasteiger partial charge in [-0.05, 0) is 84.4 Å². The fourth-order valence-corrected chi connectivity index (χ4v) is 5.97. The predicted molar refractivity (Wildman–Crippen MR) is 114 cm³/mol. The van der Waals surface area contributed by atoms with Gasteiger partial charge in [-0.2, -0.15) is 11.8 Å². The van der Waals surface area contributed by atoms with Crippen molar-refractivity contribution >= 4 is 17.7 Å². The number of nitrogens with one attached hydrogen (secondary N) is 2. The summed E-state index contributed by atoms with van der Waals surface area (Å²) in [5.41, 5.74) is 0.302. The Bertz CT molecular complexity index is 461. The zero-order valence-corrected chi connectivity index (χ0v) is 18.0. The highest BCUT2D eigenvalue weighted by Gasteiger charge is 2.39. The highest BCUT2D eigenvalue weighted by Crippen LogP contribution is 2.37. The molecule has 6 heteroatoms. The third-order valence-corrected chi connectivity index (χ3v) is 8.22. The van der Waals surface area contributed by atoms with E-state index in [4.69, 9.17) is 0 Å². The molecule has 3 aliphatic heterocycles. The molecule has 1 atom stereocenters. The molecule has 0 amide bonds. The zero-order valence-electron chi connectivity index (χ0n) is 17.1. The van der Waals surface area contributed by atoms with Gasteiger partial charge in [-0.15, -0.1) is 0 Å². The first-order chi connectivity index (χ1) is 12.6. The molecule has 0 radical (unpaired) electrons. The largest absolute Gasteiger partial charge is 0.355 e. The molecule has 3 rings (SSSR count). The minimum Gasteiger partial charge on any atom is -0.355 e. The first-order valence-corrected chi connectivity index (χ1v) is 11.6. The van der Waals surface area contributed by atoms with Crippen LogP contribution in [0.2, 0.25) is 0 Å². The second kappa shape index (κ2) is 9.16. The summed E-state index contributed by atoms with van der Waals surface area (Å²) >= 11 is 2.11. The average Bonchev–Trinajstić information content (AvgIpc) is 3.11. The van der Waals surface area contributed by atoms with Crippen molar-refractivity contribution in [3.63, 3.8) is 0 Å². The van der Waals surface area contributed by atoms with E-state index in [0.717, 1.165) is 19.0 Å². The molecule has 3 fully saturated rings. The molecule has 0 spiro atoms. The van der Waals surface area contributed by atoms with E-state index in [9.17, 15) is 0 Å². The van der Waals surface area contributed by atoms with Crippen molar-refractivity contribution in [2.45, 2.75) is 62.2 Å². The number of hydrogen-bond donors (Lipinski definition) is 2. The van der Waals surface area contributed by atoms with Gasteiger partial charge in [0.1, 0.15) is 0 Å². The van der Waals surface area contributed by atoms with E-state index in [-0.39, 0.29) is 0 Å². The van der Waals surface area contributed by atoms with Crippen LogP contribution in [0.4, 0.5) is 0 Å². The summed E-state index contributed by atoms with van der Waals surface area (Å²) in [4.78, 5) is 9.78. The Labute approximate surface area is 164 Å². The van der Waals surface area contributed by atoms with Crippen LogP contribution in [0.5, 0.6) is 0 Å². The van der Waals surface area contributed by atoms with E-state index < -0.39 is 0 Å². The first kappa shape index (κ1) is 20.3. The van der Waals surface area contributed by atoms with Crippen LogP contribution in [0.1, 0.15) is 51.9 Å². The van der Waals surface area contributed by atoms with E-state index in [2.05, 4.69) is 51.2 Å². The Morgan fingerprint density at radius 2 is 1.65 bits per heavy atom. The van der Waals surface area contributed by atoms with Gasteiger partial charge in [0.15, 0.2) is 5.96 Å². The van der Waals surface area contributed by atoms with Gasteiger partial charge >= 0.3 is 0 Å². The summed E-state index contributed by atoms with van der Waals surface area (Å²) in [5, 5.41) is 7.31. The number of aliphatic imine (C=N–C) groups is 1. The number of piperidine rings is 2. The van der Waals surface area contributed by atoms with E-state index in [1.165, 1.54) is 76.9 Å². The van der Waals surface area contributed by atoms with E-state index in [0.29, 0.717) is 10.3 Å². The van der Waals surface area contributed by atoms with Gasteiger partial charge in [-0.1, -0.05) is 6.42 Å². The lowest BCUT2D eigenvalue weighted by molar-refractivity contribution is 0.0173. The van der Waals surface area contributed by atoms with Crippen molar-refractivity contribution in [1.29, 1.82) is 0 Å². The molecule has 1 unspecified atom stereocenters. The average molecular weight is 382 g/mol. The van der Waals surface area contributed by atoms with Crippen molar-refractivity contribution in [1.82, 2.24) is 20.4 Å². The van der Waals surface area contributed by atoms with Gasteiger partial charge in [-0.3, -0.25) is 9.89 Å². The highest BCUT2D eigenvalue weighted by atomic mass is 32.2. The molecular formula is C20H39N5S. The third-order valence-electron chi connectivity index (χ3n) is 6.68. The molecule has 0 aliphatic carbocycles. The van der Waals surface area contributed by atoms with Crippen molar-refractivity contribution in [2.24, 2.45) is 4.99 Å². The summed E-state index contributed by atoms with van der Waals surface area (Å²) in [6.45, 7) is 9.37. The molecule has 0 aromatic carbocycles. The molecule has 2 N–H and O–H groups in total. The molecule has 0 saturated carbocycles. The third kappa shape index (κ3) is 5.08. The fourth-order valence-electron chi connectivity index (χ4n) is 4.72. The van der Waals surface area contributed by atoms with Crippen molar-refractivity contribution in [3.8, 4) is 0 Å². The summed E-state index contributed by atoms with van der Waals surface area (Å²) in [7, 11) is 4.16. The quantitative estimate of drug-likeness (QED) is 0.565. The molecule has 5 nitrogen and oxygen atoms in total. The van der Waals surface area contributed by atoms with E-state index >= 15 is 0 Å². The van der Waals surface area contributed by atoms with Crippen LogP contribution in [0.15, 0.2) is 4.99 Å². The molecule has 0 aromatic rings. The first-order valence-electron chi connectivity index (χ1n) is 10.6. The van der Waals surface area contributed by atoms with Crippen molar-refractivity contribution < 1.29 is 0 Å². The fraction of sp³-hybridized carbons (Fsp3) is 0.950. The minimum absolute atomic E-state index is 0.302. The predicted octanol–water partition coefficient (Wildman–Crippen LogP) is 2.39. The lowest BCUT2D eigenvalue weighted by Crippen LogP contribution is -2.62. The van der Waals surface area contributed by atoms with Gasteiger partial charge in [0.25, 0.3) is 0 Å². The van der Waals surface area contributed by atoms with Crippen LogP contribution in [0.25, 0.3) is 0 Å². The van der Waals surface area contributed by atoms with Crippen LogP contribution >= 0.6 is 11.8 Å². The Hall–Kier alpha value is -0.460. The number of nitrogens with zero attached hydrogens (tertiary/aromatic N) is 3. The molecule has 26 heavy (non-hydrogen) atoms. The summed E-state index contributed by atoms with van der Waals surface area (Å²) in [6.07, 6.45) is 9.31. The standard InChI is InChI=1S/C20H39N5S/c1-19(8-7-15-26-19)16-22-18(21-2)23-17-20(9-13-24(3)14-10-20)25-11-5-4-6-12-25/h4-17H2,1-3H3,(H2,21,22,23). The number of guanidine groups is 1. The van der Waals surface area contributed by atoms with Gasteiger partial charge in [0.05, 0.1) is 0 Å². The van der Waals surface area contributed by atoms with Crippen LogP contribution in [0, 0.1) is 0 Å². The maximum absolute atomic E-state index is 4.51. The second-order valence-corrected chi connectivity index (χ2v) is 10.4. The topological polar surface area (TPSA) is 42.9 Å². The Morgan fingerprint density at radius 3 is 2.27 bits per heavy atom. The number of likely N-dealkylation sites (tertiary alicyclic amines) is 2. The minimum atomic E-state index is 0.302. The second-order valence-electron chi connectivity index (χ2n) is 8.76. The maximum atomic E-state index is 4.51. The lowest BCUT2D eigenvalue weighted by Gasteiger charge is -2.50. The summed E-state index contributed by atoms with van der Waals surface area (Å²) in [6, 6.07) is 0. The number of thioether (sulfide) groups is 1. The van der Waals surface area contributed by atoms with Crippen LogP contribution < -0.4 is 10.6 Å². The molecule has 3 saturated heterocycles. The molecule has 3 aliphatic rings. The Kier molecular flexibility index (Phi) is 7.14. The maximum Gasteiger partial charge on any atom is 0.191 e. The zero-order chi connectivity index (χ0) is 18.5. The van der Waals surface area contributed by atoms with Crippen molar-refractivity contribution in [2.75, 3.05) is 59.1 Å². The summed E-state index contributed by atoms with van der Waals surface area (Å²) in [5.74, 6) is 2.28. The smallest absolute Gasteiger partial charge is 0.191 e.